The van der Waals surface area contributed by atoms with E-state index in [2.05, 4.69) is 33.4 Å². The zero-order chi connectivity index (χ0) is 14.8. The monoisotopic (exact) mass is 370 g/mol. The van der Waals surface area contributed by atoms with Crippen molar-refractivity contribution in [3.63, 3.8) is 0 Å². The first-order valence-electron chi connectivity index (χ1n) is 7.91. The number of nitrogens with one attached hydrogen (secondary N) is 1. The van der Waals surface area contributed by atoms with Crippen LogP contribution in [0.1, 0.15) is 37.0 Å². The summed E-state index contributed by atoms with van der Waals surface area (Å²) in [5.41, 5.74) is 6.29. The highest BCUT2D eigenvalue weighted by Crippen LogP contribution is 2.41. The summed E-state index contributed by atoms with van der Waals surface area (Å²) in [5, 5.41) is 3.13. The molecular formula is C16H23BrN2OS. The first kappa shape index (κ1) is 15.5. The molecule has 2 aliphatic rings. The smallest absolute Gasteiger partial charge is 0.223 e. The van der Waals surface area contributed by atoms with E-state index >= 15 is 0 Å². The van der Waals surface area contributed by atoms with Gasteiger partial charge in [0.2, 0.25) is 5.91 Å². The maximum absolute atomic E-state index is 12.4. The van der Waals surface area contributed by atoms with E-state index in [4.69, 9.17) is 5.73 Å². The Morgan fingerprint density at radius 1 is 1.33 bits per heavy atom. The van der Waals surface area contributed by atoms with Crippen LogP contribution in [0.3, 0.4) is 0 Å². The Balaban J connectivity index is 1.47. The highest BCUT2D eigenvalue weighted by atomic mass is 79.9. The molecule has 2 saturated carbocycles. The van der Waals surface area contributed by atoms with Crippen molar-refractivity contribution in [1.82, 2.24) is 5.32 Å². The minimum atomic E-state index is 0.190. The van der Waals surface area contributed by atoms with Crippen molar-refractivity contribution in [2.75, 3.05) is 6.54 Å². The number of amides is 1. The van der Waals surface area contributed by atoms with Gasteiger partial charge in [0.05, 0.1) is 3.79 Å². The van der Waals surface area contributed by atoms with Crippen molar-refractivity contribution < 1.29 is 4.79 Å². The maximum atomic E-state index is 12.4. The van der Waals surface area contributed by atoms with Crippen LogP contribution in [-0.2, 0) is 11.2 Å². The lowest BCUT2D eigenvalue weighted by Crippen LogP contribution is -2.49. The van der Waals surface area contributed by atoms with E-state index in [1.807, 2.05) is 0 Å². The average Bonchev–Trinajstić information content (AvgIpc) is 2.84. The lowest BCUT2D eigenvalue weighted by Gasteiger charge is -2.43. The van der Waals surface area contributed by atoms with Crippen molar-refractivity contribution >= 4 is 33.2 Å². The molecule has 0 radical (unpaired) electrons. The van der Waals surface area contributed by atoms with Gasteiger partial charge in [0, 0.05) is 23.4 Å². The summed E-state index contributed by atoms with van der Waals surface area (Å²) in [6.07, 6.45) is 6.63. The quantitative estimate of drug-likeness (QED) is 0.853. The Hall–Kier alpha value is -0.390. The molecule has 3 rings (SSSR count). The third-order valence-corrected chi connectivity index (χ3v) is 6.77. The van der Waals surface area contributed by atoms with Gasteiger partial charge in [-0.1, -0.05) is 6.42 Å². The summed E-state index contributed by atoms with van der Waals surface area (Å²) in [6, 6.07) is 4.52. The Morgan fingerprint density at radius 2 is 2.05 bits per heavy atom. The Morgan fingerprint density at radius 3 is 2.67 bits per heavy atom. The molecule has 2 fully saturated rings. The highest BCUT2D eigenvalue weighted by Gasteiger charge is 2.40. The highest BCUT2D eigenvalue weighted by molar-refractivity contribution is 9.11. The normalized spacial score (nSPS) is 31.9. The molecule has 2 atom stereocenters. The Kier molecular flexibility index (Phi) is 5.02. The molecule has 21 heavy (non-hydrogen) atoms. The number of hydrogen-bond acceptors (Lipinski definition) is 3. The third-order valence-electron chi connectivity index (χ3n) is 5.08. The van der Waals surface area contributed by atoms with Crippen LogP contribution >= 0.6 is 27.3 Å². The van der Waals surface area contributed by atoms with Gasteiger partial charge in [-0.2, -0.15) is 0 Å². The van der Waals surface area contributed by atoms with Crippen molar-refractivity contribution in [1.29, 1.82) is 0 Å². The number of carbonyl (C=O) groups is 1. The van der Waals surface area contributed by atoms with E-state index in [1.165, 1.54) is 24.1 Å². The molecule has 1 amide bonds. The van der Waals surface area contributed by atoms with Crippen LogP contribution in [0.25, 0.3) is 0 Å². The first-order chi connectivity index (χ1) is 10.1. The van der Waals surface area contributed by atoms with Gasteiger partial charge in [0.1, 0.15) is 0 Å². The van der Waals surface area contributed by atoms with Gasteiger partial charge in [-0.05, 0) is 72.0 Å². The van der Waals surface area contributed by atoms with Crippen LogP contribution in [0.15, 0.2) is 15.9 Å². The third kappa shape index (κ3) is 3.69. The summed E-state index contributed by atoms with van der Waals surface area (Å²) in [6.45, 7) is 0.740. The second kappa shape index (κ2) is 6.80. The molecule has 116 valence electrons. The van der Waals surface area contributed by atoms with Crippen molar-refractivity contribution in [2.45, 2.75) is 44.6 Å². The van der Waals surface area contributed by atoms with Gasteiger partial charge in [0.25, 0.3) is 0 Å². The van der Waals surface area contributed by atoms with Crippen LogP contribution < -0.4 is 11.1 Å². The van der Waals surface area contributed by atoms with E-state index < -0.39 is 0 Å². The van der Waals surface area contributed by atoms with Crippen LogP contribution in [-0.4, -0.2) is 18.5 Å². The molecule has 2 aliphatic carbocycles. The lowest BCUT2D eigenvalue weighted by molar-refractivity contribution is -0.127. The second-order valence-electron chi connectivity index (χ2n) is 6.44. The summed E-state index contributed by atoms with van der Waals surface area (Å²) in [4.78, 5) is 13.7. The van der Waals surface area contributed by atoms with E-state index in [0.29, 0.717) is 17.9 Å². The lowest BCUT2D eigenvalue weighted by atomic mass is 9.65. The van der Waals surface area contributed by atoms with Gasteiger partial charge >= 0.3 is 0 Å². The molecule has 3 N–H and O–H groups in total. The fraction of sp³-hybridized carbons (Fsp3) is 0.688. The van der Waals surface area contributed by atoms with Gasteiger partial charge < -0.3 is 11.1 Å². The van der Waals surface area contributed by atoms with E-state index in [1.54, 1.807) is 11.3 Å². The van der Waals surface area contributed by atoms with Crippen LogP contribution in [0.5, 0.6) is 0 Å². The number of fused-ring (bicyclic) bond motifs is 2. The average molecular weight is 371 g/mol. The molecule has 1 aromatic rings. The molecule has 0 saturated heterocycles. The van der Waals surface area contributed by atoms with E-state index in [0.717, 1.165) is 29.6 Å². The number of carbonyl (C=O) groups excluding carboxylic acids is 1. The molecule has 0 aliphatic heterocycles. The van der Waals surface area contributed by atoms with E-state index in [9.17, 15) is 4.79 Å². The summed E-state index contributed by atoms with van der Waals surface area (Å²) in [5.74, 6) is 1.58. The van der Waals surface area contributed by atoms with Gasteiger partial charge in [-0.3, -0.25) is 4.79 Å². The minimum Gasteiger partial charge on any atom is -0.356 e. The Bertz CT molecular complexity index is 490. The summed E-state index contributed by atoms with van der Waals surface area (Å²) in [7, 11) is 0. The molecule has 2 unspecified atom stereocenters. The van der Waals surface area contributed by atoms with Crippen molar-refractivity contribution in [3.8, 4) is 0 Å². The summed E-state index contributed by atoms with van der Waals surface area (Å²) < 4.78 is 1.15. The SMILES string of the molecule is NC1C2CCCC1CC(C(=O)NCCc1ccc(Br)s1)C2. The maximum Gasteiger partial charge on any atom is 0.223 e. The predicted octanol–water partition coefficient (Wildman–Crippen LogP) is 3.32. The number of thiophene rings is 1. The van der Waals surface area contributed by atoms with E-state index in [-0.39, 0.29) is 11.8 Å². The number of halogens is 1. The van der Waals surface area contributed by atoms with Crippen molar-refractivity contribution in [3.05, 3.63) is 20.8 Å². The molecule has 1 aromatic heterocycles. The van der Waals surface area contributed by atoms with Crippen LogP contribution in [0.4, 0.5) is 0 Å². The molecular weight excluding hydrogens is 348 g/mol. The fourth-order valence-corrected chi connectivity index (χ4v) is 5.43. The first-order valence-corrected chi connectivity index (χ1v) is 9.52. The van der Waals surface area contributed by atoms with Gasteiger partial charge in [0.15, 0.2) is 0 Å². The predicted molar refractivity (Wildman–Crippen MR) is 90.3 cm³/mol. The van der Waals surface area contributed by atoms with Crippen LogP contribution in [0.2, 0.25) is 0 Å². The van der Waals surface area contributed by atoms with Gasteiger partial charge in [-0.25, -0.2) is 0 Å². The second-order valence-corrected chi connectivity index (χ2v) is 8.99. The van der Waals surface area contributed by atoms with Gasteiger partial charge in [-0.15, -0.1) is 11.3 Å². The van der Waals surface area contributed by atoms with Crippen molar-refractivity contribution in [2.24, 2.45) is 23.5 Å². The molecule has 3 nitrogen and oxygen atoms in total. The number of hydrogen-bond donors (Lipinski definition) is 2. The fourth-order valence-electron chi connectivity index (χ4n) is 3.94. The molecule has 1 heterocycles. The zero-order valence-electron chi connectivity index (χ0n) is 12.2. The topological polar surface area (TPSA) is 55.1 Å². The summed E-state index contributed by atoms with van der Waals surface area (Å²) >= 11 is 5.21. The largest absolute Gasteiger partial charge is 0.356 e. The number of nitrogens with two attached hydrogens (primary N) is 1. The molecule has 0 aromatic carbocycles. The van der Waals surface area contributed by atoms with Crippen LogP contribution in [0, 0.1) is 17.8 Å². The number of rotatable bonds is 4. The minimum absolute atomic E-state index is 0.190. The Labute approximate surface area is 138 Å². The zero-order valence-corrected chi connectivity index (χ0v) is 14.6. The molecule has 2 bridgehead atoms. The standard InChI is InChI=1S/C16H23BrN2OS/c17-14-5-4-13(21-14)6-7-19-16(20)12-8-10-2-1-3-11(9-12)15(10)18/h4-5,10-12,15H,1-3,6-9,18H2,(H,19,20). The molecule has 0 spiro atoms. The molecule has 5 heteroatoms.